The lowest BCUT2D eigenvalue weighted by Crippen LogP contribution is -2.51. The predicted octanol–water partition coefficient (Wildman–Crippen LogP) is 6.14. The molecule has 0 aliphatic carbocycles. The van der Waals surface area contributed by atoms with E-state index in [0.717, 1.165) is 16.7 Å². The zero-order valence-electron chi connectivity index (χ0n) is 27.9. The molecular weight excluding hydrogens is 648 g/mol. The van der Waals surface area contributed by atoms with Crippen molar-refractivity contribution < 1.29 is 32.6 Å². The van der Waals surface area contributed by atoms with Crippen molar-refractivity contribution in [3.8, 4) is 16.9 Å². The lowest BCUT2D eigenvalue weighted by molar-refractivity contribution is -0.115. The SMILES string of the molecule is CC(C)(C)OC(N)=O.COc1cc(C(=O)N2CC(F)C2)ccc1Nc1nc2ccc(-c3ccc(NC(=O)Cc4ccc(F)cc4)cc3)cn2n1. The van der Waals surface area contributed by atoms with Gasteiger partial charge in [-0.3, -0.25) is 9.59 Å². The molecule has 0 saturated carbocycles. The van der Waals surface area contributed by atoms with Gasteiger partial charge in [0.05, 0.1) is 32.3 Å². The highest BCUT2D eigenvalue weighted by atomic mass is 19.1. The Kier molecular flexibility index (Phi) is 10.6. The first kappa shape index (κ1) is 35.3. The number of amides is 3. The first-order valence-corrected chi connectivity index (χ1v) is 15.6. The Bertz CT molecular complexity index is 1990. The van der Waals surface area contributed by atoms with E-state index in [9.17, 15) is 23.2 Å². The second-order valence-electron chi connectivity index (χ2n) is 12.5. The van der Waals surface area contributed by atoms with Crippen LogP contribution in [0.5, 0.6) is 5.75 Å². The van der Waals surface area contributed by atoms with Crippen LogP contribution in [-0.4, -0.2) is 69.4 Å². The zero-order valence-corrected chi connectivity index (χ0v) is 27.9. The fourth-order valence-corrected chi connectivity index (χ4v) is 4.97. The third-order valence-electron chi connectivity index (χ3n) is 7.34. The molecule has 3 amide bonds. The third kappa shape index (κ3) is 9.30. The van der Waals surface area contributed by atoms with Crippen molar-refractivity contribution in [3.05, 3.63) is 102 Å². The fraction of sp³-hybridized carbons (Fsp3) is 0.250. The van der Waals surface area contributed by atoms with E-state index in [1.54, 1.807) is 55.6 Å². The molecule has 1 fully saturated rings. The van der Waals surface area contributed by atoms with Gasteiger partial charge < -0.3 is 30.7 Å². The summed E-state index contributed by atoms with van der Waals surface area (Å²) in [6, 6.07) is 22.0. The molecule has 0 radical (unpaired) electrons. The standard InChI is InChI=1S/C31H26F2N6O3.C5H11NO2/c1-42-27-15-21(30(41)38-17-24(33)18-38)6-12-26(27)35-31-36-28-13-7-22(16-39(28)37-31)20-4-10-25(11-5-20)34-29(40)14-19-2-8-23(32)9-3-19;1-5(2,3)8-4(6)7/h2-13,15-16,24H,14,17-18H2,1H3,(H,34,40)(H,35,37);1-3H3,(H2,6,7). The molecule has 260 valence electrons. The van der Waals surface area contributed by atoms with E-state index in [-0.39, 0.29) is 37.1 Å². The minimum atomic E-state index is -0.967. The maximum atomic E-state index is 13.2. The van der Waals surface area contributed by atoms with Gasteiger partial charge in [-0.25, -0.2) is 18.1 Å². The number of methoxy groups -OCH3 is 1. The summed E-state index contributed by atoms with van der Waals surface area (Å²) < 4.78 is 38.0. The van der Waals surface area contributed by atoms with Crippen LogP contribution < -0.4 is 21.1 Å². The number of nitrogens with zero attached hydrogens (tertiary/aromatic N) is 4. The largest absolute Gasteiger partial charge is 0.495 e. The summed E-state index contributed by atoms with van der Waals surface area (Å²) in [4.78, 5) is 40.9. The number of anilines is 3. The quantitative estimate of drug-likeness (QED) is 0.176. The molecular formula is C36H37F2N7O5. The van der Waals surface area contributed by atoms with E-state index in [4.69, 9.17) is 10.5 Å². The van der Waals surface area contributed by atoms with Crippen LogP contribution in [0.3, 0.4) is 0 Å². The zero-order chi connectivity index (χ0) is 36.0. The molecule has 2 aromatic heterocycles. The number of ether oxygens (including phenoxy) is 2. The van der Waals surface area contributed by atoms with E-state index in [1.807, 2.05) is 42.6 Å². The molecule has 14 heteroatoms. The number of nitrogens with two attached hydrogens (primary N) is 1. The van der Waals surface area contributed by atoms with Gasteiger partial charge >= 0.3 is 6.09 Å². The number of benzene rings is 3. The number of aromatic nitrogens is 3. The van der Waals surface area contributed by atoms with Gasteiger partial charge in [0.1, 0.15) is 23.3 Å². The monoisotopic (exact) mass is 685 g/mol. The Morgan fingerprint density at radius 3 is 2.24 bits per heavy atom. The fourth-order valence-electron chi connectivity index (χ4n) is 4.97. The Hall–Kier alpha value is -6.05. The van der Waals surface area contributed by atoms with Gasteiger partial charge in [0.2, 0.25) is 11.9 Å². The van der Waals surface area contributed by atoms with Gasteiger partial charge in [-0.15, -0.1) is 5.10 Å². The molecule has 1 aliphatic rings. The lowest BCUT2D eigenvalue weighted by Gasteiger charge is -2.34. The van der Waals surface area contributed by atoms with Crippen molar-refractivity contribution in [2.75, 3.05) is 30.8 Å². The molecule has 0 spiro atoms. The second kappa shape index (κ2) is 15.0. The molecule has 6 rings (SSSR count). The molecule has 5 aromatic rings. The van der Waals surface area contributed by atoms with E-state index in [1.165, 1.54) is 24.1 Å². The van der Waals surface area contributed by atoms with Crippen LogP contribution >= 0.6 is 0 Å². The number of fused-ring (bicyclic) bond motifs is 1. The van der Waals surface area contributed by atoms with Gasteiger partial charge in [0.25, 0.3) is 5.91 Å². The van der Waals surface area contributed by atoms with Gasteiger partial charge in [-0.05, 0) is 86.5 Å². The maximum Gasteiger partial charge on any atom is 0.405 e. The van der Waals surface area contributed by atoms with E-state index in [0.29, 0.717) is 34.3 Å². The van der Waals surface area contributed by atoms with Crippen LogP contribution in [0.25, 0.3) is 16.8 Å². The van der Waals surface area contributed by atoms with Crippen molar-refractivity contribution >= 4 is 40.9 Å². The van der Waals surface area contributed by atoms with Crippen molar-refractivity contribution in [3.63, 3.8) is 0 Å². The molecule has 4 N–H and O–H groups in total. The number of carbonyl (C=O) groups is 3. The summed E-state index contributed by atoms with van der Waals surface area (Å²) in [6.07, 6.45) is 0.303. The summed E-state index contributed by atoms with van der Waals surface area (Å²) in [5, 5.41) is 10.5. The number of pyridine rings is 1. The number of primary amides is 1. The van der Waals surface area contributed by atoms with Crippen LogP contribution in [-0.2, 0) is 16.0 Å². The smallest absolute Gasteiger partial charge is 0.405 e. The third-order valence-corrected chi connectivity index (χ3v) is 7.34. The molecule has 0 unspecified atom stereocenters. The van der Waals surface area contributed by atoms with Crippen LogP contribution in [0, 0.1) is 5.82 Å². The molecule has 3 aromatic carbocycles. The summed E-state index contributed by atoms with van der Waals surface area (Å²) in [7, 11) is 1.50. The first-order chi connectivity index (χ1) is 23.8. The predicted molar refractivity (Wildman–Crippen MR) is 185 cm³/mol. The lowest BCUT2D eigenvalue weighted by atomic mass is 10.1. The Labute approximate surface area is 287 Å². The van der Waals surface area contributed by atoms with Gasteiger partial charge in [-0.2, -0.15) is 4.98 Å². The van der Waals surface area contributed by atoms with E-state index >= 15 is 0 Å². The number of hydrogen-bond acceptors (Lipinski definition) is 8. The number of nitrogens with one attached hydrogen (secondary N) is 2. The van der Waals surface area contributed by atoms with Crippen molar-refractivity contribution in [1.29, 1.82) is 0 Å². The molecule has 1 aliphatic heterocycles. The highest BCUT2D eigenvalue weighted by Gasteiger charge is 2.31. The number of hydrogen-bond donors (Lipinski definition) is 3. The number of carbonyl (C=O) groups excluding carboxylic acids is 3. The van der Waals surface area contributed by atoms with Crippen molar-refractivity contribution in [2.24, 2.45) is 5.73 Å². The second-order valence-corrected chi connectivity index (χ2v) is 12.5. The van der Waals surface area contributed by atoms with Gasteiger partial charge in [-0.1, -0.05) is 24.3 Å². The molecule has 0 atom stereocenters. The number of alkyl halides is 1. The van der Waals surface area contributed by atoms with E-state index < -0.39 is 17.9 Å². The maximum absolute atomic E-state index is 13.2. The Morgan fingerprint density at radius 2 is 1.64 bits per heavy atom. The topological polar surface area (TPSA) is 153 Å². The summed E-state index contributed by atoms with van der Waals surface area (Å²) in [5.41, 5.74) is 9.07. The highest BCUT2D eigenvalue weighted by Crippen LogP contribution is 2.30. The summed E-state index contributed by atoms with van der Waals surface area (Å²) in [6.45, 7) is 5.50. The first-order valence-electron chi connectivity index (χ1n) is 15.6. The minimum Gasteiger partial charge on any atom is -0.495 e. The average molecular weight is 686 g/mol. The van der Waals surface area contributed by atoms with Crippen LogP contribution in [0.2, 0.25) is 0 Å². The summed E-state index contributed by atoms with van der Waals surface area (Å²) in [5.74, 6) is -0.00249. The van der Waals surface area contributed by atoms with Gasteiger partial charge in [0.15, 0.2) is 5.65 Å². The van der Waals surface area contributed by atoms with Crippen molar-refractivity contribution in [2.45, 2.75) is 39.0 Å². The van der Waals surface area contributed by atoms with Crippen LogP contribution in [0.15, 0.2) is 85.1 Å². The molecule has 1 saturated heterocycles. The van der Waals surface area contributed by atoms with Crippen LogP contribution in [0.1, 0.15) is 36.7 Å². The molecule has 3 heterocycles. The highest BCUT2D eigenvalue weighted by molar-refractivity contribution is 5.96. The normalized spacial score (nSPS) is 12.7. The Balaban J connectivity index is 0.000000544. The van der Waals surface area contributed by atoms with Gasteiger partial charge in [0, 0.05) is 23.0 Å². The van der Waals surface area contributed by atoms with Crippen LogP contribution in [0.4, 0.5) is 30.9 Å². The average Bonchev–Trinajstić information content (AvgIpc) is 3.45. The van der Waals surface area contributed by atoms with E-state index in [2.05, 4.69) is 25.5 Å². The Morgan fingerprint density at radius 1 is 0.960 bits per heavy atom. The number of rotatable bonds is 8. The molecule has 0 bridgehead atoms. The minimum absolute atomic E-state index is 0.105. The number of halogens is 2. The molecule has 50 heavy (non-hydrogen) atoms. The van der Waals surface area contributed by atoms with Crippen molar-refractivity contribution in [1.82, 2.24) is 19.5 Å². The number of likely N-dealkylation sites (tertiary alicyclic amines) is 1. The summed E-state index contributed by atoms with van der Waals surface area (Å²) >= 11 is 0. The molecule has 12 nitrogen and oxygen atoms in total.